The molecule has 3 heteroatoms. The molecule has 1 aromatic carbocycles. The van der Waals surface area contributed by atoms with Crippen LogP contribution in [0, 0.1) is 27.7 Å². The fraction of sp³-hybridized carbons (Fsp3) is 0.286. The number of aromatic amines is 1. The molecule has 2 aromatic rings. The number of aromatic nitrogens is 2. The topological polar surface area (TPSA) is 45.8 Å². The molecule has 1 heterocycles. The Morgan fingerprint density at radius 1 is 1.00 bits per heavy atom. The van der Waals surface area contributed by atoms with Crippen molar-refractivity contribution < 1.29 is 0 Å². The molecule has 0 spiro atoms. The lowest BCUT2D eigenvalue weighted by molar-refractivity contribution is 1.03. The first kappa shape index (κ1) is 11.6. The minimum Gasteiger partial charge on any atom is -0.306 e. The second-order valence-electron chi connectivity index (χ2n) is 4.50. The van der Waals surface area contributed by atoms with Gasteiger partial charge in [-0.05, 0) is 39.8 Å². The minimum atomic E-state index is -0.0633. The largest absolute Gasteiger partial charge is 0.306 e. The SMILES string of the molecule is Cc1cc(C)cc(-c2nc(C)c(C)c(=O)[nH]2)c1. The second-order valence-corrected chi connectivity index (χ2v) is 4.50. The van der Waals surface area contributed by atoms with Gasteiger partial charge in [-0.15, -0.1) is 0 Å². The van der Waals surface area contributed by atoms with Crippen molar-refractivity contribution in [3.05, 3.63) is 50.9 Å². The van der Waals surface area contributed by atoms with Gasteiger partial charge in [-0.3, -0.25) is 4.79 Å². The van der Waals surface area contributed by atoms with E-state index in [1.165, 1.54) is 11.1 Å². The average molecular weight is 228 g/mol. The van der Waals surface area contributed by atoms with Crippen molar-refractivity contribution in [3.8, 4) is 11.4 Å². The number of nitrogens with one attached hydrogen (secondary N) is 1. The highest BCUT2D eigenvalue weighted by Gasteiger charge is 2.06. The zero-order valence-electron chi connectivity index (χ0n) is 10.6. The fourth-order valence-electron chi connectivity index (χ4n) is 1.89. The number of benzene rings is 1. The van der Waals surface area contributed by atoms with Gasteiger partial charge in [0.1, 0.15) is 5.82 Å². The van der Waals surface area contributed by atoms with Gasteiger partial charge in [-0.2, -0.15) is 0 Å². The van der Waals surface area contributed by atoms with E-state index in [0.29, 0.717) is 11.4 Å². The smallest absolute Gasteiger partial charge is 0.254 e. The Bertz CT molecular complexity index is 606. The van der Waals surface area contributed by atoms with Crippen molar-refractivity contribution in [2.45, 2.75) is 27.7 Å². The first-order chi connectivity index (χ1) is 7.97. The predicted octanol–water partition coefficient (Wildman–Crippen LogP) is 2.67. The normalized spacial score (nSPS) is 10.6. The van der Waals surface area contributed by atoms with Crippen molar-refractivity contribution in [2.24, 2.45) is 0 Å². The van der Waals surface area contributed by atoms with Crippen molar-refractivity contribution in [3.63, 3.8) is 0 Å². The standard InChI is InChI=1S/C14H16N2O/c1-8-5-9(2)7-12(6-8)13-15-11(4)10(3)14(17)16-13/h5-7H,1-4H3,(H,15,16,17). The first-order valence-corrected chi connectivity index (χ1v) is 5.63. The lowest BCUT2D eigenvalue weighted by Crippen LogP contribution is -2.14. The van der Waals surface area contributed by atoms with Crippen molar-refractivity contribution >= 4 is 0 Å². The van der Waals surface area contributed by atoms with E-state index in [4.69, 9.17) is 0 Å². The Kier molecular flexibility index (Phi) is 2.84. The second kappa shape index (κ2) is 4.17. The van der Waals surface area contributed by atoms with Crippen molar-refractivity contribution in [2.75, 3.05) is 0 Å². The van der Waals surface area contributed by atoms with Crippen LogP contribution in [0.25, 0.3) is 11.4 Å². The van der Waals surface area contributed by atoms with E-state index in [-0.39, 0.29) is 5.56 Å². The maximum absolute atomic E-state index is 11.7. The first-order valence-electron chi connectivity index (χ1n) is 5.63. The summed E-state index contributed by atoms with van der Waals surface area (Å²) in [6.07, 6.45) is 0. The molecule has 0 bridgehead atoms. The summed E-state index contributed by atoms with van der Waals surface area (Å²) in [6, 6.07) is 6.16. The molecular weight excluding hydrogens is 212 g/mol. The highest BCUT2D eigenvalue weighted by Crippen LogP contribution is 2.18. The molecule has 0 aliphatic carbocycles. The van der Waals surface area contributed by atoms with E-state index >= 15 is 0 Å². The molecular formula is C14H16N2O. The molecule has 17 heavy (non-hydrogen) atoms. The van der Waals surface area contributed by atoms with Crippen LogP contribution < -0.4 is 5.56 Å². The molecule has 0 aliphatic rings. The van der Waals surface area contributed by atoms with Crippen molar-refractivity contribution in [1.29, 1.82) is 0 Å². The molecule has 0 amide bonds. The molecule has 0 saturated heterocycles. The molecule has 1 aromatic heterocycles. The summed E-state index contributed by atoms with van der Waals surface area (Å²) in [7, 11) is 0. The number of aryl methyl sites for hydroxylation is 3. The molecule has 0 radical (unpaired) electrons. The van der Waals surface area contributed by atoms with E-state index in [1.807, 2.05) is 32.9 Å². The van der Waals surface area contributed by atoms with Gasteiger partial charge < -0.3 is 4.98 Å². The van der Waals surface area contributed by atoms with Crippen LogP contribution in [-0.4, -0.2) is 9.97 Å². The quantitative estimate of drug-likeness (QED) is 0.815. The van der Waals surface area contributed by atoms with Gasteiger partial charge in [0, 0.05) is 16.8 Å². The minimum absolute atomic E-state index is 0.0633. The monoisotopic (exact) mass is 228 g/mol. The van der Waals surface area contributed by atoms with Gasteiger partial charge >= 0.3 is 0 Å². The van der Waals surface area contributed by atoms with Gasteiger partial charge in [0.15, 0.2) is 0 Å². The number of hydrogen-bond donors (Lipinski definition) is 1. The average Bonchev–Trinajstić information content (AvgIpc) is 2.23. The van der Waals surface area contributed by atoms with E-state index < -0.39 is 0 Å². The molecule has 0 saturated carbocycles. The molecule has 3 nitrogen and oxygen atoms in total. The molecule has 0 fully saturated rings. The summed E-state index contributed by atoms with van der Waals surface area (Å²) in [4.78, 5) is 19.0. The molecule has 0 unspecified atom stereocenters. The maximum atomic E-state index is 11.7. The van der Waals surface area contributed by atoms with Gasteiger partial charge in [-0.1, -0.05) is 17.2 Å². The Balaban J connectivity index is 2.65. The van der Waals surface area contributed by atoms with Gasteiger partial charge in [0.25, 0.3) is 5.56 Å². The predicted molar refractivity (Wildman–Crippen MR) is 69.2 cm³/mol. The zero-order valence-corrected chi connectivity index (χ0v) is 10.6. The van der Waals surface area contributed by atoms with Crippen LogP contribution in [0.4, 0.5) is 0 Å². The lowest BCUT2D eigenvalue weighted by Gasteiger charge is -2.06. The number of H-pyrrole nitrogens is 1. The van der Waals surface area contributed by atoms with Crippen LogP contribution in [0.1, 0.15) is 22.4 Å². The third-order valence-corrected chi connectivity index (χ3v) is 2.89. The van der Waals surface area contributed by atoms with Gasteiger partial charge in [0.05, 0.1) is 0 Å². The summed E-state index contributed by atoms with van der Waals surface area (Å²) < 4.78 is 0. The summed E-state index contributed by atoms with van der Waals surface area (Å²) in [6.45, 7) is 7.72. The number of nitrogens with zero attached hydrogens (tertiary/aromatic N) is 1. The maximum Gasteiger partial charge on any atom is 0.254 e. The van der Waals surface area contributed by atoms with Crippen molar-refractivity contribution in [1.82, 2.24) is 9.97 Å². The fourth-order valence-corrected chi connectivity index (χ4v) is 1.89. The third kappa shape index (κ3) is 2.28. The summed E-state index contributed by atoms with van der Waals surface area (Å²) in [5, 5.41) is 0. The lowest BCUT2D eigenvalue weighted by atomic mass is 10.1. The Labute approximate surface area is 101 Å². The van der Waals surface area contributed by atoms with Gasteiger partial charge in [-0.25, -0.2) is 4.98 Å². The molecule has 2 rings (SSSR count). The Hall–Kier alpha value is -1.90. The van der Waals surface area contributed by atoms with Gasteiger partial charge in [0.2, 0.25) is 0 Å². The Morgan fingerprint density at radius 2 is 1.59 bits per heavy atom. The van der Waals surface area contributed by atoms with Crippen LogP contribution in [0.5, 0.6) is 0 Å². The molecule has 0 atom stereocenters. The zero-order chi connectivity index (χ0) is 12.6. The number of hydrogen-bond acceptors (Lipinski definition) is 2. The molecule has 1 N–H and O–H groups in total. The van der Waals surface area contributed by atoms with E-state index in [9.17, 15) is 4.79 Å². The molecule has 0 aliphatic heterocycles. The number of rotatable bonds is 1. The summed E-state index contributed by atoms with van der Waals surface area (Å²) in [5.74, 6) is 0.643. The highest BCUT2D eigenvalue weighted by atomic mass is 16.1. The third-order valence-electron chi connectivity index (χ3n) is 2.89. The van der Waals surface area contributed by atoms with E-state index in [1.54, 1.807) is 6.92 Å². The Morgan fingerprint density at radius 3 is 2.12 bits per heavy atom. The summed E-state index contributed by atoms with van der Waals surface area (Å²) >= 11 is 0. The van der Waals surface area contributed by atoms with Crippen LogP contribution in [-0.2, 0) is 0 Å². The van der Waals surface area contributed by atoms with Crippen LogP contribution in [0.2, 0.25) is 0 Å². The van der Waals surface area contributed by atoms with Crippen LogP contribution in [0.15, 0.2) is 23.0 Å². The molecule has 88 valence electrons. The van der Waals surface area contributed by atoms with Crippen LogP contribution in [0.3, 0.4) is 0 Å². The summed E-state index contributed by atoms with van der Waals surface area (Å²) in [5.41, 5.74) is 4.69. The van der Waals surface area contributed by atoms with E-state index in [2.05, 4.69) is 16.0 Å². The highest BCUT2D eigenvalue weighted by molar-refractivity contribution is 5.57. The van der Waals surface area contributed by atoms with Crippen LogP contribution >= 0.6 is 0 Å². The van der Waals surface area contributed by atoms with E-state index in [0.717, 1.165) is 11.3 Å².